The summed E-state index contributed by atoms with van der Waals surface area (Å²) in [5.41, 5.74) is 2.09. The van der Waals surface area contributed by atoms with Crippen LogP contribution in [0.15, 0.2) is 48.5 Å². The lowest BCUT2D eigenvalue weighted by molar-refractivity contribution is 0.0525. The number of carbonyl (C=O) groups excluding carboxylic acids is 5. The molecule has 2 aromatic heterocycles. The van der Waals surface area contributed by atoms with Gasteiger partial charge in [0.1, 0.15) is 21.7 Å². The molecule has 0 fully saturated rings. The second-order valence-electron chi connectivity index (χ2n) is 9.70. The molecule has 0 bridgehead atoms. The number of carboxylic acids is 1. The molecular formula is C32H32Cl4N4O10S. The van der Waals surface area contributed by atoms with Crippen molar-refractivity contribution in [3.05, 3.63) is 104 Å². The normalized spacial score (nSPS) is 10.0. The summed E-state index contributed by atoms with van der Waals surface area (Å²) in [5, 5.41) is 24.7. The number of aromatic nitrogens is 4. The smallest absolute Gasteiger partial charge is 0.338 e. The van der Waals surface area contributed by atoms with Crippen molar-refractivity contribution in [1.82, 2.24) is 19.6 Å². The van der Waals surface area contributed by atoms with Crippen molar-refractivity contribution >= 4 is 89.9 Å². The molecular weight excluding hydrogens is 774 g/mol. The number of Topliss-reactive ketones (excluding diaryl/α,β-unsaturated/α-hetero) is 2. The number of esters is 1. The van der Waals surface area contributed by atoms with Crippen molar-refractivity contribution in [3.63, 3.8) is 0 Å². The number of rotatable bonds is 11. The zero-order chi connectivity index (χ0) is 38.8. The molecule has 4 aromatic rings. The van der Waals surface area contributed by atoms with Gasteiger partial charge in [0, 0.05) is 41.8 Å². The minimum atomic E-state index is -1.67. The molecule has 274 valence electrons. The fourth-order valence-corrected chi connectivity index (χ4v) is 4.47. The van der Waals surface area contributed by atoms with Crippen LogP contribution < -0.4 is 0 Å². The topological polar surface area (TPSA) is 205 Å². The fourth-order valence-electron chi connectivity index (χ4n) is 4.01. The molecule has 51 heavy (non-hydrogen) atoms. The van der Waals surface area contributed by atoms with Gasteiger partial charge in [0.05, 0.1) is 42.0 Å². The number of aldehydes is 2. The third kappa shape index (κ3) is 14.1. The van der Waals surface area contributed by atoms with Crippen LogP contribution in [-0.2, 0) is 27.1 Å². The van der Waals surface area contributed by atoms with Crippen LogP contribution in [-0.4, -0.2) is 83.3 Å². The molecule has 0 aliphatic carbocycles. The van der Waals surface area contributed by atoms with Gasteiger partial charge in [0.15, 0.2) is 24.1 Å². The molecule has 0 saturated heterocycles. The van der Waals surface area contributed by atoms with Crippen molar-refractivity contribution in [3.8, 4) is 0 Å². The highest BCUT2D eigenvalue weighted by atomic mass is 36.0. The molecule has 0 amide bonds. The summed E-state index contributed by atoms with van der Waals surface area (Å²) in [4.78, 5) is 67.7. The van der Waals surface area contributed by atoms with E-state index in [-0.39, 0.29) is 69.6 Å². The zero-order valence-electron chi connectivity index (χ0n) is 27.5. The molecule has 2 N–H and O–H groups in total. The molecule has 4 rings (SSSR count). The Balaban J connectivity index is 0.000000432. The molecule has 0 aliphatic rings. The maximum absolute atomic E-state index is 11.7. The quantitative estimate of drug-likeness (QED) is 0.0762. The fraction of sp³-hybridized carbons (Fsp3) is 0.250. The standard InChI is InChI=1S/C16H15ClN2O4.C14H11ClN2O4.C2H6O.Cl2OS/c1-3-23-16(22)12-6-4-5-11(7-12)8-19-15(17)13(9-20)14(18-19)10(2)21;1-8(19)12-11(7-18)13(15)17(16-12)6-9-3-2-4-10(5-9)14(20)21;1-2-3;1-4(2)3/h4-7,9H,3,8H2,1-2H3;2-5,7H,6H2,1H3,(H,20,21);3H,2H2,1H3;. The van der Waals surface area contributed by atoms with Crippen molar-refractivity contribution in [2.45, 2.75) is 40.8 Å². The summed E-state index contributed by atoms with van der Waals surface area (Å²) in [6.45, 7) is 6.95. The Labute approximate surface area is 313 Å². The van der Waals surface area contributed by atoms with E-state index < -0.39 is 21.2 Å². The number of nitrogens with zero attached hydrogens (tertiary/aromatic N) is 4. The van der Waals surface area contributed by atoms with Crippen LogP contribution in [0.2, 0.25) is 10.3 Å². The van der Waals surface area contributed by atoms with Crippen LogP contribution in [0.3, 0.4) is 0 Å². The maximum atomic E-state index is 11.7. The Kier molecular flexibility index (Phi) is 19.8. The van der Waals surface area contributed by atoms with Crippen molar-refractivity contribution in [1.29, 1.82) is 0 Å². The van der Waals surface area contributed by atoms with Crippen LogP contribution in [0.25, 0.3) is 0 Å². The highest BCUT2D eigenvalue weighted by Crippen LogP contribution is 2.22. The minimum Gasteiger partial charge on any atom is -0.478 e. The van der Waals surface area contributed by atoms with E-state index in [0.29, 0.717) is 30.3 Å². The Hall–Kier alpha value is -4.25. The highest BCUT2D eigenvalue weighted by molar-refractivity contribution is 8.26. The summed E-state index contributed by atoms with van der Waals surface area (Å²) < 4.78 is 16.7. The van der Waals surface area contributed by atoms with Gasteiger partial charge in [-0.1, -0.05) is 47.5 Å². The van der Waals surface area contributed by atoms with Gasteiger partial charge in [-0.15, -0.1) is 0 Å². The van der Waals surface area contributed by atoms with E-state index in [1.54, 1.807) is 50.2 Å². The molecule has 2 heterocycles. The zero-order valence-corrected chi connectivity index (χ0v) is 31.3. The first-order valence-electron chi connectivity index (χ1n) is 14.4. The number of carboxylic acid groups (broad SMARTS) is 1. The van der Waals surface area contributed by atoms with Crippen LogP contribution >= 0.6 is 44.6 Å². The van der Waals surface area contributed by atoms with Crippen LogP contribution in [0, 0.1) is 0 Å². The molecule has 0 spiro atoms. The van der Waals surface area contributed by atoms with Crippen molar-refractivity contribution in [2.75, 3.05) is 13.2 Å². The summed E-state index contributed by atoms with van der Waals surface area (Å²) in [5.74, 6) is -2.16. The molecule has 14 nitrogen and oxygen atoms in total. The first-order valence-corrected chi connectivity index (χ1v) is 18.0. The number of aliphatic hydroxyl groups excluding tert-OH is 1. The first-order chi connectivity index (χ1) is 24.1. The van der Waals surface area contributed by atoms with E-state index in [2.05, 4.69) is 31.6 Å². The summed E-state index contributed by atoms with van der Waals surface area (Å²) in [6, 6.07) is 13.1. The lowest BCUT2D eigenvalue weighted by Gasteiger charge is -2.06. The summed E-state index contributed by atoms with van der Waals surface area (Å²) in [6.07, 6.45) is 0.994. The average Bonchev–Trinajstić information content (AvgIpc) is 3.56. The highest BCUT2D eigenvalue weighted by Gasteiger charge is 2.20. The Bertz CT molecular complexity index is 1890. The van der Waals surface area contributed by atoms with E-state index in [9.17, 15) is 28.8 Å². The number of carbonyl (C=O) groups is 6. The number of aliphatic hydroxyl groups is 1. The van der Waals surface area contributed by atoms with E-state index in [1.807, 2.05) is 0 Å². The summed E-state index contributed by atoms with van der Waals surface area (Å²) in [7, 11) is 7.36. The molecule has 0 saturated carbocycles. The Morgan fingerprint density at radius 1 is 0.804 bits per heavy atom. The van der Waals surface area contributed by atoms with Crippen molar-refractivity contribution in [2.24, 2.45) is 0 Å². The molecule has 2 aromatic carbocycles. The van der Waals surface area contributed by atoms with Gasteiger partial charge >= 0.3 is 11.9 Å². The Morgan fingerprint density at radius 3 is 1.49 bits per heavy atom. The SMILES string of the molecule is CC(=O)c1nn(Cc2cccc(C(=O)O)c2)c(Cl)c1C=O.CCO.CCOC(=O)c1cccc(Cn2nc(C(C)=O)c(C=O)c2Cl)c1.O=S(Cl)Cl. The molecule has 0 aliphatic heterocycles. The van der Waals surface area contributed by atoms with Gasteiger partial charge in [-0.25, -0.2) is 23.2 Å². The number of ether oxygens (including phenoxy) is 1. The number of benzene rings is 2. The lowest BCUT2D eigenvalue weighted by atomic mass is 10.1. The van der Waals surface area contributed by atoms with E-state index >= 15 is 0 Å². The van der Waals surface area contributed by atoms with Gasteiger partial charge < -0.3 is 14.9 Å². The van der Waals surface area contributed by atoms with Gasteiger partial charge in [0.25, 0.3) is 0 Å². The summed E-state index contributed by atoms with van der Waals surface area (Å²) >= 11 is 12.1. The van der Waals surface area contributed by atoms with Gasteiger partial charge in [-0.3, -0.25) is 19.2 Å². The first kappa shape index (κ1) is 44.8. The molecule has 0 unspecified atom stereocenters. The lowest BCUT2D eigenvalue weighted by Crippen LogP contribution is -2.07. The second-order valence-corrected chi connectivity index (χ2v) is 12.9. The molecule has 0 radical (unpaired) electrons. The predicted octanol–water partition coefficient (Wildman–Crippen LogP) is 6.12. The van der Waals surface area contributed by atoms with Crippen LogP contribution in [0.5, 0.6) is 0 Å². The second kappa shape index (κ2) is 22.5. The number of halogens is 4. The van der Waals surface area contributed by atoms with Crippen LogP contribution in [0.4, 0.5) is 0 Å². The average molecular weight is 807 g/mol. The third-order valence-corrected chi connectivity index (χ3v) is 6.83. The number of ketones is 2. The maximum Gasteiger partial charge on any atom is 0.338 e. The monoisotopic (exact) mass is 804 g/mol. The Morgan fingerprint density at radius 2 is 1.18 bits per heavy atom. The predicted molar refractivity (Wildman–Crippen MR) is 192 cm³/mol. The van der Waals surface area contributed by atoms with Crippen LogP contribution in [0.1, 0.15) is 101 Å². The van der Waals surface area contributed by atoms with E-state index in [1.165, 1.54) is 35.3 Å². The van der Waals surface area contributed by atoms with E-state index in [4.69, 9.17) is 42.4 Å². The van der Waals surface area contributed by atoms with Gasteiger partial charge in [-0.05, 0) is 49.2 Å². The van der Waals surface area contributed by atoms with E-state index in [0.717, 1.165) is 5.56 Å². The molecule has 0 atom stereocenters. The largest absolute Gasteiger partial charge is 0.478 e. The third-order valence-electron chi connectivity index (χ3n) is 6.03. The van der Waals surface area contributed by atoms with Crippen molar-refractivity contribution < 1.29 is 47.9 Å². The number of hydrogen-bond donors (Lipinski definition) is 2. The minimum absolute atomic E-state index is 0.00406. The number of aromatic carboxylic acids is 1. The van der Waals surface area contributed by atoms with Gasteiger partial charge in [-0.2, -0.15) is 10.2 Å². The number of hydrogen-bond acceptors (Lipinski definition) is 11. The van der Waals surface area contributed by atoms with Gasteiger partial charge in [0.2, 0.25) is 9.23 Å². The molecule has 19 heteroatoms.